The van der Waals surface area contributed by atoms with Gasteiger partial charge in [-0.05, 0) is 80.0 Å². The van der Waals surface area contributed by atoms with Gasteiger partial charge in [-0.3, -0.25) is 4.79 Å². The summed E-state index contributed by atoms with van der Waals surface area (Å²) in [6, 6.07) is 19.3. The summed E-state index contributed by atoms with van der Waals surface area (Å²) in [5.74, 6) is 0.630. The van der Waals surface area contributed by atoms with Crippen molar-refractivity contribution in [3.63, 3.8) is 0 Å². The second-order valence-electron chi connectivity index (χ2n) is 15.4. The smallest absolute Gasteiger partial charge is 0.226 e. The molecule has 3 aliphatic heterocycles. The van der Waals surface area contributed by atoms with Crippen molar-refractivity contribution < 1.29 is 18.7 Å². The van der Waals surface area contributed by atoms with E-state index in [4.69, 9.17) is 37.7 Å². The van der Waals surface area contributed by atoms with Crippen LogP contribution in [0, 0.1) is 47.2 Å². The quantitative estimate of drug-likeness (QED) is 0.151. The molecule has 2 aliphatic carbocycles. The van der Waals surface area contributed by atoms with E-state index >= 15 is 4.39 Å². The fourth-order valence-electron chi connectivity index (χ4n) is 9.23. The number of nitriles is 2. The monoisotopic (exact) mass is 776 g/mol. The number of carbonyl (C=O) groups excluding carboxylic acids is 1. The van der Waals surface area contributed by atoms with Crippen molar-refractivity contribution in [1.29, 1.82) is 10.5 Å². The van der Waals surface area contributed by atoms with Crippen molar-refractivity contribution in [2.75, 3.05) is 20.2 Å². The molecule has 280 valence electrons. The maximum atomic E-state index is 17.2. The minimum Gasteiger partial charge on any atom is -0.497 e. The summed E-state index contributed by atoms with van der Waals surface area (Å²) in [6.07, 6.45) is 3.62. The molecule has 5 fully saturated rings. The van der Waals surface area contributed by atoms with Gasteiger partial charge in [0.15, 0.2) is 5.82 Å². The number of likely N-dealkylation sites (tertiary alicyclic amines) is 1. The number of hydrogen-bond acceptors (Lipinski definition) is 7. The maximum Gasteiger partial charge on any atom is 0.226 e. The van der Waals surface area contributed by atoms with Crippen LogP contribution in [0.15, 0.2) is 48.5 Å². The number of carbonyl (C=O) groups is 1. The van der Waals surface area contributed by atoms with E-state index in [2.05, 4.69) is 28.1 Å². The van der Waals surface area contributed by atoms with Gasteiger partial charge in [0.05, 0.1) is 65.2 Å². The van der Waals surface area contributed by atoms with Crippen LogP contribution < -0.4 is 10.1 Å². The van der Waals surface area contributed by atoms with Gasteiger partial charge in [0.1, 0.15) is 11.3 Å². The van der Waals surface area contributed by atoms with Gasteiger partial charge < -0.3 is 24.3 Å². The molecule has 0 spiro atoms. The maximum absolute atomic E-state index is 17.2. The number of amides is 1. The first-order chi connectivity index (χ1) is 26.7. The molecule has 5 aliphatic rings. The van der Waals surface area contributed by atoms with Crippen molar-refractivity contribution in [3.8, 4) is 29.0 Å². The van der Waals surface area contributed by atoms with Crippen LogP contribution in [0.1, 0.15) is 72.3 Å². The van der Waals surface area contributed by atoms with Gasteiger partial charge >= 0.3 is 0 Å². The molecule has 3 saturated heterocycles. The van der Waals surface area contributed by atoms with Crippen LogP contribution >= 0.6 is 23.2 Å². The first-order valence-corrected chi connectivity index (χ1v) is 19.7. The van der Waals surface area contributed by atoms with Crippen LogP contribution in [0.3, 0.4) is 0 Å². The number of fused-ring (bicyclic) bond motifs is 4. The zero-order valence-corrected chi connectivity index (χ0v) is 32.1. The average molecular weight is 778 g/mol. The Morgan fingerprint density at radius 3 is 2.64 bits per heavy atom. The topological polar surface area (TPSA) is 116 Å². The predicted molar refractivity (Wildman–Crippen MR) is 208 cm³/mol. The molecule has 2 bridgehead atoms. The molecule has 2 aromatic heterocycles. The van der Waals surface area contributed by atoms with Crippen LogP contribution in [0.2, 0.25) is 10.0 Å². The predicted octanol–water partition coefficient (Wildman–Crippen LogP) is 8.75. The van der Waals surface area contributed by atoms with Gasteiger partial charge in [0.25, 0.3) is 0 Å². The third kappa shape index (κ3) is 6.02. The highest BCUT2D eigenvalue weighted by Gasteiger charge is 2.51. The highest BCUT2D eigenvalue weighted by atomic mass is 35.5. The molecular weight excluding hydrogens is 738 g/mol. The van der Waals surface area contributed by atoms with Gasteiger partial charge in [-0.2, -0.15) is 10.5 Å². The van der Waals surface area contributed by atoms with Gasteiger partial charge in [-0.15, -0.1) is 0 Å². The Kier molecular flexibility index (Phi) is 9.22. The minimum absolute atomic E-state index is 0.00478. The van der Waals surface area contributed by atoms with Crippen molar-refractivity contribution in [1.82, 2.24) is 19.8 Å². The average Bonchev–Trinajstić information content (AvgIpc) is 3.47. The lowest BCUT2D eigenvalue weighted by Crippen LogP contribution is -2.41. The summed E-state index contributed by atoms with van der Waals surface area (Å²) in [4.78, 5) is 21.0. The van der Waals surface area contributed by atoms with Crippen molar-refractivity contribution in [2.45, 2.75) is 76.3 Å². The van der Waals surface area contributed by atoms with Gasteiger partial charge in [-0.1, -0.05) is 41.4 Å². The fraction of sp³-hybridized carbons (Fsp3) is 0.395. The zero-order chi connectivity index (χ0) is 38.1. The number of ether oxygens (including phenoxy) is 2. The minimum atomic E-state index is -0.501. The van der Waals surface area contributed by atoms with Crippen molar-refractivity contribution >= 4 is 50.9 Å². The molecule has 5 heterocycles. The zero-order valence-electron chi connectivity index (χ0n) is 30.5. The van der Waals surface area contributed by atoms with Gasteiger partial charge in [0.2, 0.25) is 5.91 Å². The lowest BCUT2D eigenvalue weighted by Gasteiger charge is -2.39. The standard InChI is InChI=1S/C43H39Cl2FN6O3/c1-22-31-17-36(35-16-29(20-51(35)43(53)23-8-9-23)55-21-25-10-11-28(54-2)13-26(25)18-48)52(41-27-15-34(41)49-19-27)42(31)32-14-24(5-4-12-47)37(39(46)40(32)50-22)30-6-3-7-33(44)38(30)45/h3,6-7,10-11,13-14,17,23,27,29,34-35,41,49H,4-5,8-9,15-16,19-21H2,1-2H3. The second-order valence-corrected chi connectivity index (χ2v) is 16.1. The fourth-order valence-corrected chi connectivity index (χ4v) is 9.62. The lowest BCUT2D eigenvalue weighted by atomic mass is 9.79. The third-order valence-electron chi connectivity index (χ3n) is 12.2. The summed E-state index contributed by atoms with van der Waals surface area (Å²) in [6.45, 7) is 3.46. The Bertz CT molecular complexity index is 2470. The Hall–Kier alpha value is -4.71. The van der Waals surface area contributed by atoms with Gasteiger partial charge in [-0.25, -0.2) is 9.37 Å². The summed E-state index contributed by atoms with van der Waals surface area (Å²) < 4.78 is 31.5. The number of benzene rings is 3. The Labute approximate surface area is 328 Å². The largest absolute Gasteiger partial charge is 0.497 e. The molecule has 2 saturated carbocycles. The van der Waals surface area contributed by atoms with Gasteiger partial charge in [0, 0.05) is 71.2 Å². The van der Waals surface area contributed by atoms with Crippen molar-refractivity contribution in [2.24, 2.45) is 11.8 Å². The number of hydrogen-bond donors (Lipinski definition) is 1. The number of aromatic nitrogens is 2. The number of nitrogens with zero attached hydrogens (tertiary/aromatic N) is 5. The van der Waals surface area contributed by atoms with Crippen LogP contribution in [0.5, 0.6) is 5.75 Å². The van der Waals surface area contributed by atoms with E-state index in [1.165, 1.54) is 0 Å². The third-order valence-corrected chi connectivity index (χ3v) is 13.0. The SMILES string of the molecule is COc1ccc(COC2CC(c3cc4c(C)nc5c(F)c(-c6cccc(Cl)c6Cl)c(CCC#N)cc5c4n3C3C4CNC3C4)N(C(=O)C3CC3)C2)c(C#N)c1. The first-order valence-electron chi connectivity index (χ1n) is 18.9. The summed E-state index contributed by atoms with van der Waals surface area (Å²) in [5.41, 5.74) is 5.48. The number of aryl methyl sites for hydroxylation is 2. The normalized spacial score (nSPS) is 22.9. The van der Waals surface area contributed by atoms with E-state index in [0.717, 1.165) is 48.0 Å². The number of methoxy groups -OCH3 is 1. The molecule has 9 nitrogen and oxygen atoms in total. The summed E-state index contributed by atoms with van der Waals surface area (Å²) >= 11 is 13.1. The second kappa shape index (κ2) is 14.1. The van der Waals surface area contributed by atoms with Crippen LogP contribution in [-0.2, 0) is 22.6 Å². The first kappa shape index (κ1) is 36.0. The molecule has 10 rings (SSSR count). The van der Waals surface area contributed by atoms with Crippen LogP contribution in [0.4, 0.5) is 4.39 Å². The van der Waals surface area contributed by atoms with E-state index in [1.807, 2.05) is 30.0 Å². The van der Waals surface area contributed by atoms with Crippen molar-refractivity contribution in [3.05, 3.63) is 92.5 Å². The number of nitrogens with one attached hydrogen (secondary N) is 1. The molecule has 1 N–H and O–H groups in total. The molecule has 5 unspecified atom stereocenters. The van der Waals surface area contributed by atoms with E-state index < -0.39 is 5.82 Å². The molecule has 12 heteroatoms. The lowest BCUT2D eigenvalue weighted by molar-refractivity contribution is -0.134. The van der Waals surface area contributed by atoms with E-state index in [1.54, 1.807) is 31.4 Å². The Morgan fingerprint density at radius 1 is 1.09 bits per heavy atom. The molecular formula is C43H39Cl2FN6O3. The number of rotatable bonds is 10. The summed E-state index contributed by atoms with van der Waals surface area (Å²) in [5, 5.41) is 25.3. The van der Waals surface area contributed by atoms with E-state index in [9.17, 15) is 15.3 Å². The number of pyridine rings is 1. The Balaban J connectivity index is 1.20. The molecule has 0 radical (unpaired) electrons. The number of halogens is 3. The molecule has 55 heavy (non-hydrogen) atoms. The Morgan fingerprint density at radius 2 is 1.93 bits per heavy atom. The molecule has 5 aromatic rings. The highest BCUT2D eigenvalue weighted by Crippen LogP contribution is 2.51. The highest BCUT2D eigenvalue weighted by molar-refractivity contribution is 6.43. The van der Waals surface area contributed by atoms with E-state index in [-0.39, 0.29) is 59.6 Å². The molecule has 1 amide bonds. The van der Waals surface area contributed by atoms with E-state index in [0.29, 0.717) is 69.4 Å². The molecule has 3 aromatic carbocycles. The summed E-state index contributed by atoms with van der Waals surface area (Å²) in [7, 11) is 1.57. The van der Waals surface area contributed by atoms with Crippen LogP contribution in [-0.4, -0.2) is 52.7 Å². The van der Waals surface area contributed by atoms with Crippen LogP contribution in [0.25, 0.3) is 32.9 Å². The molecule has 5 atom stereocenters.